The zero-order chi connectivity index (χ0) is 25.7. The van der Waals surface area contributed by atoms with Gasteiger partial charge in [-0.1, -0.05) is 48.5 Å². The van der Waals surface area contributed by atoms with Gasteiger partial charge >= 0.3 is 0 Å². The van der Waals surface area contributed by atoms with E-state index in [2.05, 4.69) is 0 Å². The maximum atomic E-state index is 13.3. The van der Waals surface area contributed by atoms with Gasteiger partial charge in [-0.2, -0.15) is 5.26 Å². The van der Waals surface area contributed by atoms with Crippen LogP contribution < -0.4 is 9.47 Å². The van der Waals surface area contributed by atoms with E-state index in [0.717, 1.165) is 16.0 Å². The number of hydrogen-bond donors (Lipinski definition) is 0. The summed E-state index contributed by atoms with van der Waals surface area (Å²) in [6.45, 7) is 1.88. The van der Waals surface area contributed by atoms with Crippen LogP contribution in [0.25, 0.3) is 6.08 Å². The molecule has 180 valence electrons. The number of carbonyl (C=O) groups excluding carboxylic acids is 2. The van der Waals surface area contributed by atoms with Crippen LogP contribution in [0.15, 0.2) is 89.5 Å². The van der Waals surface area contributed by atoms with Crippen LogP contribution in [0.4, 0.5) is 4.39 Å². The minimum atomic E-state index is -0.608. The molecule has 1 aliphatic heterocycles. The number of imide groups is 1. The van der Waals surface area contributed by atoms with E-state index >= 15 is 0 Å². The van der Waals surface area contributed by atoms with Crippen LogP contribution in [0.5, 0.6) is 11.5 Å². The summed E-state index contributed by atoms with van der Waals surface area (Å²) in [4.78, 5) is 27.3. The predicted molar refractivity (Wildman–Crippen MR) is 132 cm³/mol. The maximum Gasteiger partial charge on any atom is 0.271 e. The average Bonchev–Trinajstić information content (AvgIpc) is 2.90. The molecule has 0 atom stereocenters. The molecule has 0 spiro atoms. The number of nitriles is 1. The first-order valence-corrected chi connectivity index (χ1v) is 11.2. The monoisotopic (exact) mass is 482 g/mol. The van der Waals surface area contributed by atoms with E-state index in [4.69, 9.17) is 9.47 Å². The molecule has 4 rings (SSSR count). The van der Waals surface area contributed by atoms with Crippen molar-refractivity contribution in [3.05, 3.63) is 112 Å². The molecule has 0 aromatic heterocycles. The Bertz CT molecular complexity index is 1400. The molecule has 0 aliphatic carbocycles. The topological polar surface area (TPSA) is 79.6 Å². The van der Waals surface area contributed by atoms with Gasteiger partial charge in [-0.25, -0.2) is 4.39 Å². The number of amides is 2. The Labute approximate surface area is 208 Å². The molecule has 36 heavy (non-hydrogen) atoms. The fourth-order valence-electron chi connectivity index (χ4n) is 3.84. The molecular weight excluding hydrogens is 459 g/mol. The first-order valence-electron chi connectivity index (χ1n) is 11.2. The highest BCUT2D eigenvalue weighted by Gasteiger charge is 2.35. The van der Waals surface area contributed by atoms with Crippen LogP contribution in [0.2, 0.25) is 0 Å². The van der Waals surface area contributed by atoms with Crippen molar-refractivity contribution in [1.29, 1.82) is 5.26 Å². The van der Waals surface area contributed by atoms with Crippen LogP contribution in [0.3, 0.4) is 0 Å². The zero-order valence-corrected chi connectivity index (χ0v) is 19.8. The van der Waals surface area contributed by atoms with Crippen LogP contribution >= 0.6 is 0 Å². The van der Waals surface area contributed by atoms with Crippen molar-refractivity contribution in [1.82, 2.24) is 4.90 Å². The van der Waals surface area contributed by atoms with E-state index in [1.807, 2.05) is 36.4 Å². The number of hydrogen-bond acceptors (Lipinski definition) is 5. The van der Waals surface area contributed by atoms with Crippen LogP contribution in [0.1, 0.15) is 23.6 Å². The summed E-state index contributed by atoms with van der Waals surface area (Å²) in [5.74, 6) is -0.489. The molecule has 0 radical (unpaired) electrons. The first kappa shape index (κ1) is 24.4. The predicted octanol–water partition coefficient (Wildman–Crippen LogP) is 5.21. The minimum absolute atomic E-state index is 0.0633. The molecule has 3 aromatic carbocycles. The Hall–Kier alpha value is -4.70. The second-order valence-corrected chi connectivity index (χ2v) is 8.18. The Morgan fingerprint density at radius 3 is 2.33 bits per heavy atom. The third-order valence-corrected chi connectivity index (χ3v) is 5.82. The third-order valence-electron chi connectivity index (χ3n) is 5.82. The largest absolute Gasteiger partial charge is 0.493 e. The Morgan fingerprint density at radius 1 is 0.944 bits per heavy atom. The van der Waals surface area contributed by atoms with Gasteiger partial charge in [-0.3, -0.25) is 14.5 Å². The SMILES string of the molecule is COc1cc(/C=C2/C(=O)N(Cc3ccccc3)C(=O)C(C#N)=C2C)ccc1OCc1ccc(F)cc1. The molecule has 0 bridgehead atoms. The summed E-state index contributed by atoms with van der Waals surface area (Å²) < 4.78 is 24.4. The number of rotatable bonds is 7. The number of halogens is 1. The van der Waals surface area contributed by atoms with Gasteiger partial charge < -0.3 is 9.47 Å². The molecule has 6 nitrogen and oxygen atoms in total. The van der Waals surface area contributed by atoms with Gasteiger partial charge in [0.25, 0.3) is 11.8 Å². The van der Waals surface area contributed by atoms with E-state index in [1.165, 1.54) is 19.2 Å². The van der Waals surface area contributed by atoms with Gasteiger partial charge in [0.1, 0.15) is 24.1 Å². The smallest absolute Gasteiger partial charge is 0.271 e. The fraction of sp³-hybridized carbons (Fsp3) is 0.138. The summed E-state index contributed by atoms with van der Waals surface area (Å²) in [6, 6.07) is 22.2. The van der Waals surface area contributed by atoms with Gasteiger partial charge in [-0.05, 0) is 59.5 Å². The highest BCUT2D eigenvalue weighted by molar-refractivity contribution is 6.19. The number of methoxy groups -OCH3 is 1. The molecule has 1 heterocycles. The lowest BCUT2D eigenvalue weighted by molar-refractivity contribution is -0.141. The molecular formula is C29H23FN2O4. The van der Waals surface area contributed by atoms with Crippen molar-refractivity contribution in [2.45, 2.75) is 20.1 Å². The normalized spacial score (nSPS) is 14.7. The standard InChI is InChI=1S/C29H23FN2O4/c1-19-24(28(33)32(29(34)25(19)16-31)17-20-6-4-3-5-7-20)14-22-10-13-26(27(15-22)35-2)36-18-21-8-11-23(30)12-9-21/h3-15H,17-18H2,1-2H3/b24-14+. The van der Waals surface area contributed by atoms with Crippen LogP contribution in [-0.2, 0) is 22.7 Å². The number of nitrogens with zero attached hydrogens (tertiary/aromatic N) is 2. The second-order valence-electron chi connectivity index (χ2n) is 8.18. The van der Waals surface area contributed by atoms with Gasteiger partial charge in [0.05, 0.1) is 13.7 Å². The van der Waals surface area contributed by atoms with Crippen molar-refractivity contribution in [3.63, 3.8) is 0 Å². The fourth-order valence-corrected chi connectivity index (χ4v) is 3.84. The average molecular weight is 483 g/mol. The molecule has 0 saturated carbocycles. The number of carbonyl (C=O) groups is 2. The maximum absolute atomic E-state index is 13.3. The summed E-state index contributed by atoms with van der Waals surface area (Å²) >= 11 is 0. The van der Waals surface area contributed by atoms with E-state index in [0.29, 0.717) is 22.6 Å². The summed E-state index contributed by atoms with van der Waals surface area (Å²) in [7, 11) is 1.50. The van der Waals surface area contributed by atoms with Crippen molar-refractivity contribution in [3.8, 4) is 17.6 Å². The van der Waals surface area contributed by atoms with E-state index in [1.54, 1.807) is 43.3 Å². The molecule has 7 heteroatoms. The number of ether oxygens (including phenoxy) is 2. The highest BCUT2D eigenvalue weighted by Crippen LogP contribution is 2.32. The Kier molecular flexibility index (Phi) is 7.26. The second kappa shape index (κ2) is 10.7. The molecule has 0 unspecified atom stereocenters. The summed E-state index contributed by atoms with van der Waals surface area (Å²) in [5.41, 5.74) is 2.72. The van der Waals surface area contributed by atoms with Gasteiger partial charge in [-0.15, -0.1) is 0 Å². The molecule has 0 fully saturated rings. The van der Waals surface area contributed by atoms with E-state index < -0.39 is 11.8 Å². The lowest BCUT2D eigenvalue weighted by Gasteiger charge is -2.27. The van der Waals surface area contributed by atoms with Crippen molar-refractivity contribution < 1.29 is 23.5 Å². The van der Waals surface area contributed by atoms with Crippen molar-refractivity contribution >= 4 is 17.9 Å². The molecule has 3 aromatic rings. The van der Waals surface area contributed by atoms with Crippen LogP contribution in [-0.4, -0.2) is 23.8 Å². The molecule has 1 aliphatic rings. The molecule has 0 N–H and O–H groups in total. The third kappa shape index (κ3) is 5.18. The van der Waals surface area contributed by atoms with Gasteiger partial charge in [0.2, 0.25) is 0 Å². The molecule has 2 amide bonds. The highest BCUT2D eigenvalue weighted by atomic mass is 19.1. The van der Waals surface area contributed by atoms with Gasteiger partial charge in [0, 0.05) is 5.57 Å². The lowest BCUT2D eigenvalue weighted by atomic mass is 9.93. The summed E-state index contributed by atoms with van der Waals surface area (Å²) in [5, 5.41) is 9.62. The Morgan fingerprint density at radius 2 is 1.67 bits per heavy atom. The van der Waals surface area contributed by atoms with E-state index in [9.17, 15) is 19.2 Å². The van der Waals surface area contributed by atoms with Crippen molar-refractivity contribution in [2.24, 2.45) is 0 Å². The Balaban J connectivity index is 1.63. The van der Waals surface area contributed by atoms with Crippen LogP contribution in [0, 0.1) is 17.1 Å². The number of benzene rings is 3. The first-order chi connectivity index (χ1) is 17.4. The van der Waals surface area contributed by atoms with E-state index in [-0.39, 0.29) is 30.1 Å². The minimum Gasteiger partial charge on any atom is -0.493 e. The van der Waals surface area contributed by atoms with Gasteiger partial charge in [0.15, 0.2) is 11.5 Å². The zero-order valence-electron chi connectivity index (χ0n) is 19.8. The molecule has 0 saturated heterocycles. The summed E-state index contributed by atoms with van der Waals surface area (Å²) in [6.07, 6.45) is 1.63. The van der Waals surface area contributed by atoms with Crippen molar-refractivity contribution in [2.75, 3.05) is 7.11 Å². The lowest BCUT2D eigenvalue weighted by Crippen LogP contribution is -2.42. The quantitative estimate of drug-likeness (QED) is 0.341.